The van der Waals surface area contributed by atoms with Crippen molar-refractivity contribution in [2.45, 2.75) is 25.4 Å². The third kappa shape index (κ3) is 4.27. The minimum Gasteiger partial charge on any atom is -0.357 e. The molecule has 8 heteroatoms. The van der Waals surface area contributed by atoms with Gasteiger partial charge in [-0.1, -0.05) is 11.6 Å². The van der Waals surface area contributed by atoms with Gasteiger partial charge in [0.05, 0.1) is 16.3 Å². The van der Waals surface area contributed by atoms with Gasteiger partial charge < -0.3 is 10.2 Å². The van der Waals surface area contributed by atoms with Crippen molar-refractivity contribution in [3.63, 3.8) is 0 Å². The normalized spacial score (nSPS) is 15.0. The summed E-state index contributed by atoms with van der Waals surface area (Å²) >= 11 is 5.93. The van der Waals surface area contributed by atoms with Crippen LogP contribution in [0.5, 0.6) is 0 Å². The Balaban J connectivity index is 1.80. The van der Waals surface area contributed by atoms with E-state index in [0.717, 1.165) is 44.1 Å². The molecule has 2 heterocycles. The molecule has 0 aliphatic carbocycles. The lowest BCUT2D eigenvalue weighted by Gasteiger charge is -2.27. The van der Waals surface area contributed by atoms with Crippen molar-refractivity contribution in [1.82, 2.24) is 4.98 Å². The van der Waals surface area contributed by atoms with Gasteiger partial charge in [-0.2, -0.15) is 13.2 Å². The zero-order valence-electron chi connectivity index (χ0n) is 13.8. The van der Waals surface area contributed by atoms with Gasteiger partial charge in [-0.05, 0) is 49.6 Å². The average molecular weight is 384 g/mol. The lowest BCUT2D eigenvalue weighted by atomic mass is 10.1. The Morgan fingerprint density at radius 1 is 1.12 bits per heavy atom. The Labute approximate surface area is 154 Å². The number of carbonyl (C=O) groups excluding carboxylic acids is 1. The number of alkyl halides is 3. The van der Waals surface area contributed by atoms with Gasteiger partial charge in [0.2, 0.25) is 0 Å². The largest absolute Gasteiger partial charge is 0.416 e. The number of rotatable bonds is 3. The Hall–Kier alpha value is -2.28. The predicted octanol–water partition coefficient (Wildman–Crippen LogP) is 5.00. The molecule has 3 rings (SSSR count). The maximum atomic E-state index is 12.8. The van der Waals surface area contributed by atoms with Crippen molar-refractivity contribution in [2.24, 2.45) is 0 Å². The number of piperidine rings is 1. The van der Waals surface area contributed by atoms with Crippen molar-refractivity contribution < 1.29 is 18.0 Å². The number of hydrogen-bond donors (Lipinski definition) is 1. The summed E-state index contributed by atoms with van der Waals surface area (Å²) in [5.74, 6) is 0.152. The van der Waals surface area contributed by atoms with Crippen LogP contribution < -0.4 is 10.2 Å². The van der Waals surface area contributed by atoms with Crippen LogP contribution in [-0.2, 0) is 6.18 Å². The fraction of sp³-hybridized carbons (Fsp3) is 0.333. The number of carbonyl (C=O) groups is 1. The average Bonchev–Trinajstić information content (AvgIpc) is 2.63. The first-order chi connectivity index (χ1) is 12.3. The summed E-state index contributed by atoms with van der Waals surface area (Å²) in [6.45, 7) is 1.75. The monoisotopic (exact) mass is 383 g/mol. The lowest BCUT2D eigenvalue weighted by Crippen LogP contribution is -2.30. The highest BCUT2D eigenvalue weighted by atomic mass is 35.5. The van der Waals surface area contributed by atoms with Crippen LogP contribution in [0.25, 0.3) is 0 Å². The third-order valence-electron chi connectivity index (χ3n) is 4.23. The number of hydrogen-bond acceptors (Lipinski definition) is 3. The molecule has 2 aromatic rings. The van der Waals surface area contributed by atoms with E-state index in [1.807, 2.05) is 0 Å². The summed E-state index contributed by atoms with van der Waals surface area (Å²) < 4.78 is 38.5. The van der Waals surface area contributed by atoms with Gasteiger partial charge in [0.15, 0.2) is 0 Å². The van der Waals surface area contributed by atoms with E-state index in [1.54, 1.807) is 6.07 Å². The molecule has 1 aliphatic rings. The molecular weight excluding hydrogens is 367 g/mol. The number of benzene rings is 1. The van der Waals surface area contributed by atoms with Crippen LogP contribution in [0.15, 0.2) is 36.5 Å². The number of anilines is 2. The fourth-order valence-corrected chi connectivity index (χ4v) is 3.01. The molecule has 0 radical (unpaired) electrons. The van der Waals surface area contributed by atoms with E-state index in [1.165, 1.54) is 18.7 Å². The Morgan fingerprint density at radius 3 is 2.54 bits per heavy atom. The molecule has 26 heavy (non-hydrogen) atoms. The van der Waals surface area contributed by atoms with Crippen molar-refractivity contribution >= 4 is 29.0 Å². The Morgan fingerprint density at radius 2 is 1.85 bits per heavy atom. The van der Waals surface area contributed by atoms with Crippen LogP contribution in [-0.4, -0.2) is 24.0 Å². The van der Waals surface area contributed by atoms with E-state index in [4.69, 9.17) is 11.6 Å². The van der Waals surface area contributed by atoms with Crippen molar-refractivity contribution in [1.29, 1.82) is 0 Å². The predicted molar refractivity (Wildman–Crippen MR) is 94.7 cm³/mol. The SMILES string of the molecule is O=C(Nc1cc(C(F)(F)F)ccc1Cl)c1ccnc(N2CCCCC2)c1. The summed E-state index contributed by atoms with van der Waals surface area (Å²) in [6, 6.07) is 5.98. The number of nitrogens with zero attached hydrogens (tertiary/aromatic N) is 2. The highest BCUT2D eigenvalue weighted by molar-refractivity contribution is 6.34. The van der Waals surface area contributed by atoms with Gasteiger partial charge in [-0.25, -0.2) is 4.98 Å². The first-order valence-corrected chi connectivity index (χ1v) is 8.61. The fourth-order valence-electron chi connectivity index (χ4n) is 2.85. The first-order valence-electron chi connectivity index (χ1n) is 8.24. The molecule has 0 atom stereocenters. The van der Waals surface area contributed by atoms with Crippen LogP contribution in [0.3, 0.4) is 0 Å². The lowest BCUT2D eigenvalue weighted by molar-refractivity contribution is -0.137. The second kappa shape index (κ2) is 7.53. The smallest absolute Gasteiger partial charge is 0.357 e. The zero-order valence-corrected chi connectivity index (χ0v) is 14.6. The van der Waals surface area contributed by atoms with E-state index < -0.39 is 17.6 Å². The van der Waals surface area contributed by atoms with Gasteiger partial charge >= 0.3 is 6.18 Å². The molecule has 1 N–H and O–H groups in total. The van der Waals surface area contributed by atoms with Gasteiger partial charge in [-0.3, -0.25) is 4.79 Å². The molecule has 0 spiro atoms. The number of nitrogens with one attached hydrogen (secondary N) is 1. The molecule has 0 saturated carbocycles. The van der Waals surface area contributed by atoms with E-state index >= 15 is 0 Å². The van der Waals surface area contributed by atoms with Crippen LogP contribution in [0, 0.1) is 0 Å². The number of halogens is 4. The molecule has 0 unspecified atom stereocenters. The van der Waals surface area contributed by atoms with Gasteiger partial charge in [-0.15, -0.1) is 0 Å². The van der Waals surface area contributed by atoms with Crippen LogP contribution >= 0.6 is 11.6 Å². The second-order valence-electron chi connectivity index (χ2n) is 6.10. The van der Waals surface area contributed by atoms with Gasteiger partial charge in [0.25, 0.3) is 5.91 Å². The molecule has 1 aromatic carbocycles. The minimum absolute atomic E-state index is 0.0386. The molecule has 1 amide bonds. The first kappa shape index (κ1) is 18.5. The van der Waals surface area contributed by atoms with E-state index in [-0.39, 0.29) is 10.7 Å². The zero-order chi connectivity index (χ0) is 18.7. The molecule has 1 saturated heterocycles. The van der Waals surface area contributed by atoms with Gasteiger partial charge in [0, 0.05) is 24.8 Å². The standard InChI is InChI=1S/C18H17ClF3N3O/c19-14-5-4-13(18(20,21)22)11-15(14)24-17(26)12-6-7-23-16(10-12)25-8-2-1-3-9-25/h4-7,10-11H,1-3,8-9H2,(H,24,26). The summed E-state index contributed by atoms with van der Waals surface area (Å²) in [5.41, 5.74) is -0.641. The topological polar surface area (TPSA) is 45.2 Å². The molecule has 1 aliphatic heterocycles. The van der Waals surface area contributed by atoms with Crippen molar-refractivity contribution in [3.8, 4) is 0 Å². The van der Waals surface area contributed by atoms with Gasteiger partial charge in [0.1, 0.15) is 5.82 Å². The molecule has 1 aromatic heterocycles. The third-order valence-corrected chi connectivity index (χ3v) is 4.56. The quantitative estimate of drug-likeness (QED) is 0.811. The van der Waals surface area contributed by atoms with E-state index in [2.05, 4.69) is 15.2 Å². The van der Waals surface area contributed by atoms with E-state index in [0.29, 0.717) is 11.4 Å². The molecular formula is C18H17ClF3N3O. The van der Waals surface area contributed by atoms with E-state index in [9.17, 15) is 18.0 Å². The van der Waals surface area contributed by atoms with Crippen LogP contribution in [0.1, 0.15) is 35.2 Å². The maximum absolute atomic E-state index is 12.8. The molecule has 4 nitrogen and oxygen atoms in total. The Kier molecular flexibility index (Phi) is 5.36. The maximum Gasteiger partial charge on any atom is 0.416 e. The summed E-state index contributed by atoms with van der Waals surface area (Å²) in [6.07, 6.45) is 0.315. The molecule has 1 fully saturated rings. The van der Waals surface area contributed by atoms with Crippen LogP contribution in [0.4, 0.5) is 24.7 Å². The minimum atomic E-state index is -4.51. The summed E-state index contributed by atoms with van der Waals surface area (Å²) in [4.78, 5) is 18.8. The second-order valence-corrected chi connectivity index (χ2v) is 6.50. The number of aromatic nitrogens is 1. The molecule has 0 bridgehead atoms. The highest BCUT2D eigenvalue weighted by Crippen LogP contribution is 2.34. The number of amides is 1. The van der Waals surface area contributed by atoms with Crippen LogP contribution in [0.2, 0.25) is 5.02 Å². The van der Waals surface area contributed by atoms with Crippen molar-refractivity contribution in [2.75, 3.05) is 23.3 Å². The van der Waals surface area contributed by atoms with Crippen molar-refractivity contribution in [3.05, 3.63) is 52.7 Å². The Bertz CT molecular complexity index is 805. The molecule has 138 valence electrons. The summed E-state index contributed by atoms with van der Waals surface area (Å²) in [5, 5.41) is 2.49. The summed E-state index contributed by atoms with van der Waals surface area (Å²) in [7, 11) is 0. The number of pyridine rings is 1. The highest BCUT2D eigenvalue weighted by Gasteiger charge is 2.31.